The van der Waals surface area contributed by atoms with Crippen LogP contribution < -0.4 is 4.90 Å². The fraction of sp³-hybridized carbons (Fsp3) is 0.760. The van der Waals surface area contributed by atoms with Gasteiger partial charge in [0.15, 0.2) is 0 Å². The molecule has 0 aromatic carbocycles. The lowest BCUT2D eigenvalue weighted by Crippen LogP contribution is -2.43. The van der Waals surface area contributed by atoms with Crippen molar-refractivity contribution in [1.29, 1.82) is 0 Å². The molecule has 2 aliphatic rings. The normalized spacial score (nSPS) is 20.3. The molecule has 0 bridgehead atoms. The van der Waals surface area contributed by atoms with Gasteiger partial charge >= 0.3 is 0 Å². The minimum Gasteiger partial charge on any atom is -0.381 e. The van der Waals surface area contributed by atoms with Gasteiger partial charge in [0.05, 0.1) is 18.3 Å². The van der Waals surface area contributed by atoms with Gasteiger partial charge in [-0.15, -0.1) is 0 Å². The van der Waals surface area contributed by atoms with Crippen LogP contribution in [0.2, 0.25) is 0 Å². The van der Waals surface area contributed by atoms with Gasteiger partial charge in [-0.2, -0.15) is 0 Å². The van der Waals surface area contributed by atoms with Crippen molar-refractivity contribution in [2.24, 2.45) is 0 Å². The Labute approximate surface area is 190 Å². The largest absolute Gasteiger partial charge is 0.381 e. The van der Waals surface area contributed by atoms with Crippen LogP contribution in [0, 0.1) is 11.8 Å². The fourth-order valence-electron chi connectivity index (χ4n) is 3.11. The third-order valence-electron chi connectivity index (χ3n) is 4.66. The fourth-order valence-corrected chi connectivity index (χ4v) is 3.11. The summed E-state index contributed by atoms with van der Waals surface area (Å²) >= 11 is 0. The minimum absolute atomic E-state index is 0.329. The SMILES string of the molecule is CC.CC.CC.COC1CC(OC2CCN(c3ccnc(C#CC(C)(C)O)n3)CC2)C1. The van der Waals surface area contributed by atoms with Gasteiger partial charge in [0.2, 0.25) is 5.82 Å². The molecule has 1 aliphatic carbocycles. The maximum Gasteiger partial charge on any atom is 0.206 e. The van der Waals surface area contributed by atoms with Crippen LogP contribution in [-0.4, -0.2) is 59.2 Å². The van der Waals surface area contributed by atoms with Crippen LogP contribution in [0.4, 0.5) is 5.82 Å². The highest BCUT2D eigenvalue weighted by Gasteiger charge is 2.33. The zero-order chi connectivity index (χ0) is 23.9. The Balaban J connectivity index is 0.00000138. The van der Waals surface area contributed by atoms with Crippen molar-refractivity contribution in [3.63, 3.8) is 0 Å². The number of hydrogen-bond donors (Lipinski definition) is 1. The molecule has 178 valence electrons. The number of hydrogen-bond acceptors (Lipinski definition) is 6. The number of aromatic nitrogens is 2. The summed E-state index contributed by atoms with van der Waals surface area (Å²) in [5, 5.41) is 9.69. The monoisotopic (exact) mass is 435 g/mol. The summed E-state index contributed by atoms with van der Waals surface area (Å²) in [7, 11) is 1.77. The first-order chi connectivity index (χ1) is 14.9. The van der Waals surface area contributed by atoms with Gasteiger partial charge in [0.1, 0.15) is 11.4 Å². The van der Waals surface area contributed by atoms with Crippen LogP contribution in [0.5, 0.6) is 0 Å². The maximum absolute atomic E-state index is 9.69. The standard InChI is InChI=1S/C19H27N3O3.3C2H6/c1-19(2,23)8-4-17-20-9-5-18(21-17)22-10-6-14(7-11-22)25-16-12-15(13-16)24-3;3*1-2/h5,9,14-16,23H,6-7,10-13H2,1-3H3;3*1-2H3. The Morgan fingerprint density at radius 1 is 1.00 bits per heavy atom. The second-order valence-corrected chi connectivity index (χ2v) is 7.32. The molecule has 0 spiro atoms. The van der Waals surface area contributed by atoms with E-state index in [9.17, 15) is 5.11 Å². The molecule has 1 aliphatic heterocycles. The smallest absolute Gasteiger partial charge is 0.206 e. The Kier molecular flexibility index (Phi) is 15.2. The van der Waals surface area contributed by atoms with Crippen LogP contribution in [-0.2, 0) is 9.47 Å². The molecule has 1 N–H and O–H groups in total. The molecule has 0 atom stereocenters. The molecule has 0 radical (unpaired) electrons. The lowest BCUT2D eigenvalue weighted by molar-refractivity contribution is -0.119. The highest BCUT2D eigenvalue weighted by molar-refractivity contribution is 5.40. The molecule has 1 aromatic rings. The molecule has 1 aromatic heterocycles. The summed E-state index contributed by atoms with van der Waals surface area (Å²) in [6.07, 6.45) is 6.84. The molecule has 31 heavy (non-hydrogen) atoms. The predicted molar refractivity (Wildman–Crippen MR) is 129 cm³/mol. The minimum atomic E-state index is -1.04. The zero-order valence-corrected chi connectivity index (χ0v) is 21.2. The average Bonchev–Trinajstić information content (AvgIpc) is 2.79. The van der Waals surface area contributed by atoms with Crippen molar-refractivity contribution in [2.75, 3.05) is 25.1 Å². The molecule has 6 heteroatoms. The third kappa shape index (κ3) is 11.0. The Morgan fingerprint density at radius 2 is 1.58 bits per heavy atom. The average molecular weight is 436 g/mol. The van der Waals surface area contributed by atoms with Crippen LogP contribution in [0.1, 0.15) is 86.9 Å². The van der Waals surface area contributed by atoms with E-state index in [0.29, 0.717) is 24.1 Å². The van der Waals surface area contributed by atoms with Gasteiger partial charge in [-0.25, -0.2) is 9.97 Å². The molecule has 1 saturated heterocycles. The first-order valence-electron chi connectivity index (χ1n) is 11.9. The molecular formula is C25H45N3O3. The second kappa shape index (κ2) is 16.0. The molecule has 6 nitrogen and oxygen atoms in total. The number of rotatable bonds is 4. The van der Waals surface area contributed by atoms with Crippen LogP contribution in [0.15, 0.2) is 12.3 Å². The number of ether oxygens (including phenoxy) is 2. The van der Waals surface area contributed by atoms with E-state index in [-0.39, 0.29) is 0 Å². The van der Waals surface area contributed by atoms with E-state index in [2.05, 4.69) is 26.7 Å². The van der Waals surface area contributed by atoms with E-state index in [1.165, 1.54) is 0 Å². The number of nitrogens with zero attached hydrogens (tertiary/aromatic N) is 3. The third-order valence-corrected chi connectivity index (χ3v) is 4.66. The molecule has 3 rings (SSSR count). The molecule has 0 unspecified atom stereocenters. The molecule has 1 saturated carbocycles. The lowest BCUT2D eigenvalue weighted by atomic mass is 9.91. The summed E-state index contributed by atoms with van der Waals surface area (Å²) < 4.78 is 11.5. The Hall–Kier alpha value is -1.68. The highest BCUT2D eigenvalue weighted by atomic mass is 16.5. The number of methoxy groups -OCH3 is 1. The number of piperidine rings is 1. The van der Waals surface area contributed by atoms with Crippen molar-refractivity contribution < 1.29 is 14.6 Å². The van der Waals surface area contributed by atoms with Crippen LogP contribution in [0.3, 0.4) is 0 Å². The van der Waals surface area contributed by atoms with Crippen molar-refractivity contribution in [2.45, 2.75) is 105 Å². The van der Waals surface area contributed by atoms with E-state index in [0.717, 1.165) is 44.6 Å². The predicted octanol–water partition coefficient (Wildman–Crippen LogP) is 4.84. The van der Waals surface area contributed by atoms with Gasteiger partial charge in [-0.3, -0.25) is 0 Å². The lowest BCUT2D eigenvalue weighted by Gasteiger charge is -2.39. The van der Waals surface area contributed by atoms with E-state index < -0.39 is 5.60 Å². The van der Waals surface area contributed by atoms with Crippen molar-refractivity contribution >= 4 is 5.82 Å². The van der Waals surface area contributed by atoms with Crippen molar-refractivity contribution in [1.82, 2.24) is 9.97 Å². The summed E-state index contributed by atoms with van der Waals surface area (Å²) in [4.78, 5) is 10.9. The van der Waals surface area contributed by atoms with Gasteiger partial charge in [-0.1, -0.05) is 47.5 Å². The summed E-state index contributed by atoms with van der Waals surface area (Å²) in [6.45, 7) is 17.1. The zero-order valence-electron chi connectivity index (χ0n) is 21.2. The first-order valence-corrected chi connectivity index (χ1v) is 11.9. The second-order valence-electron chi connectivity index (χ2n) is 7.32. The van der Waals surface area contributed by atoms with E-state index in [1.54, 1.807) is 27.2 Å². The quantitative estimate of drug-likeness (QED) is 0.683. The van der Waals surface area contributed by atoms with Crippen molar-refractivity contribution in [3.8, 4) is 11.8 Å². The van der Waals surface area contributed by atoms with Crippen molar-refractivity contribution in [3.05, 3.63) is 18.1 Å². The first kappa shape index (κ1) is 29.3. The van der Waals surface area contributed by atoms with Crippen LogP contribution >= 0.6 is 0 Å². The van der Waals surface area contributed by atoms with E-state index >= 15 is 0 Å². The van der Waals surface area contributed by atoms with Gasteiger partial charge in [0, 0.05) is 26.4 Å². The van der Waals surface area contributed by atoms with Gasteiger partial charge in [0.25, 0.3) is 0 Å². The van der Waals surface area contributed by atoms with Crippen LogP contribution in [0.25, 0.3) is 0 Å². The summed E-state index contributed by atoms with van der Waals surface area (Å²) in [5.74, 6) is 6.92. The Morgan fingerprint density at radius 3 is 2.10 bits per heavy atom. The maximum atomic E-state index is 9.69. The molecule has 0 amide bonds. The molecule has 2 fully saturated rings. The summed E-state index contributed by atoms with van der Waals surface area (Å²) in [6, 6.07) is 1.91. The van der Waals surface area contributed by atoms with E-state index in [4.69, 9.17) is 9.47 Å². The molecular weight excluding hydrogens is 390 g/mol. The summed E-state index contributed by atoms with van der Waals surface area (Å²) in [5.41, 5.74) is -1.04. The molecule has 2 heterocycles. The number of aliphatic hydroxyl groups is 1. The van der Waals surface area contributed by atoms with Gasteiger partial charge < -0.3 is 19.5 Å². The van der Waals surface area contributed by atoms with Gasteiger partial charge in [-0.05, 0) is 51.5 Å². The number of anilines is 1. The van der Waals surface area contributed by atoms with E-state index in [1.807, 2.05) is 47.6 Å². The topological polar surface area (TPSA) is 67.7 Å². The Bertz CT molecular complexity index is 635. The highest BCUT2D eigenvalue weighted by Crippen LogP contribution is 2.29.